The standard InChI is InChI=1S/C13H14BrNO2S/c1-16-11-5-9(10(14)6-12(11)17-2)13(15)8-3-4-18-7-8/h3-7,13H,15H2,1-2H3. The van der Waals surface area contributed by atoms with E-state index in [1.807, 2.05) is 29.0 Å². The van der Waals surface area contributed by atoms with Crippen molar-refractivity contribution >= 4 is 27.3 Å². The van der Waals surface area contributed by atoms with Gasteiger partial charge in [-0.05, 0) is 40.1 Å². The average Bonchev–Trinajstić information content (AvgIpc) is 2.91. The topological polar surface area (TPSA) is 44.5 Å². The lowest BCUT2D eigenvalue weighted by molar-refractivity contribution is 0.354. The highest BCUT2D eigenvalue weighted by Crippen LogP contribution is 2.37. The van der Waals surface area contributed by atoms with E-state index in [1.54, 1.807) is 25.6 Å². The maximum Gasteiger partial charge on any atom is 0.161 e. The Kier molecular flexibility index (Phi) is 4.27. The molecule has 18 heavy (non-hydrogen) atoms. The predicted octanol–water partition coefficient (Wildman–Crippen LogP) is 3.58. The molecule has 2 aromatic rings. The monoisotopic (exact) mass is 327 g/mol. The molecule has 3 nitrogen and oxygen atoms in total. The molecule has 96 valence electrons. The molecular formula is C13H14BrNO2S. The molecule has 5 heteroatoms. The van der Waals surface area contributed by atoms with Crippen molar-refractivity contribution in [2.24, 2.45) is 5.73 Å². The van der Waals surface area contributed by atoms with Gasteiger partial charge in [0.05, 0.1) is 20.3 Å². The number of hydrogen-bond donors (Lipinski definition) is 1. The van der Waals surface area contributed by atoms with Gasteiger partial charge in [-0.2, -0.15) is 11.3 Å². The van der Waals surface area contributed by atoms with Crippen LogP contribution >= 0.6 is 27.3 Å². The van der Waals surface area contributed by atoms with Crippen LogP contribution in [-0.2, 0) is 0 Å². The summed E-state index contributed by atoms with van der Waals surface area (Å²) < 4.78 is 11.5. The first-order valence-corrected chi connectivity index (χ1v) is 7.10. The van der Waals surface area contributed by atoms with Crippen LogP contribution in [0.5, 0.6) is 11.5 Å². The van der Waals surface area contributed by atoms with Crippen LogP contribution in [-0.4, -0.2) is 14.2 Å². The summed E-state index contributed by atoms with van der Waals surface area (Å²) in [6.07, 6.45) is 0. The summed E-state index contributed by atoms with van der Waals surface area (Å²) in [7, 11) is 3.23. The molecule has 0 bridgehead atoms. The molecule has 1 aromatic carbocycles. The number of nitrogens with two attached hydrogens (primary N) is 1. The minimum atomic E-state index is -0.176. The van der Waals surface area contributed by atoms with Crippen LogP contribution in [0.25, 0.3) is 0 Å². The largest absolute Gasteiger partial charge is 0.493 e. The summed E-state index contributed by atoms with van der Waals surface area (Å²) in [5.41, 5.74) is 8.33. The molecular weight excluding hydrogens is 314 g/mol. The summed E-state index contributed by atoms with van der Waals surface area (Å²) in [4.78, 5) is 0. The fraction of sp³-hybridized carbons (Fsp3) is 0.231. The smallest absolute Gasteiger partial charge is 0.161 e. The fourth-order valence-electron chi connectivity index (χ4n) is 1.74. The van der Waals surface area contributed by atoms with Crippen molar-refractivity contribution in [3.05, 3.63) is 44.6 Å². The molecule has 1 unspecified atom stereocenters. The Bertz CT molecular complexity index is 528. The third-order valence-corrected chi connectivity index (χ3v) is 4.13. The van der Waals surface area contributed by atoms with Crippen LogP contribution in [0.3, 0.4) is 0 Å². The van der Waals surface area contributed by atoms with Crippen LogP contribution in [0.15, 0.2) is 33.4 Å². The molecule has 0 spiro atoms. The van der Waals surface area contributed by atoms with E-state index in [1.165, 1.54) is 0 Å². The van der Waals surface area contributed by atoms with Crippen molar-refractivity contribution in [1.82, 2.24) is 0 Å². The zero-order chi connectivity index (χ0) is 13.1. The van der Waals surface area contributed by atoms with Crippen molar-refractivity contribution in [3.63, 3.8) is 0 Å². The minimum absolute atomic E-state index is 0.176. The first-order valence-electron chi connectivity index (χ1n) is 5.36. The van der Waals surface area contributed by atoms with Crippen LogP contribution in [0.1, 0.15) is 17.2 Å². The highest BCUT2D eigenvalue weighted by atomic mass is 79.9. The molecule has 1 aromatic heterocycles. The second-order valence-corrected chi connectivity index (χ2v) is 5.40. The normalized spacial score (nSPS) is 12.2. The SMILES string of the molecule is COc1cc(Br)c(C(N)c2ccsc2)cc1OC. The van der Waals surface area contributed by atoms with Crippen molar-refractivity contribution in [2.45, 2.75) is 6.04 Å². The van der Waals surface area contributed by atoms with Gasteiger partial charge in [-0.1, -0.05) is 15.9 Å². The van der Waals surface area contributed by atoms with Crippen LogP contribution < -0.4 is 15.2 Å². The highest BCUT2D eigenvalue weighted by molar-refractivity contribution is 9.10. The lowest BCUT2D eigenvalue weighted by Gasteiger charge is -2.16. The van der Waals surface area contributed by atoms with E-state index >= 15 is 0 Å². The molecule has 1 atom stereocenters. The van der Waals surface area contributed by atoms with E-state index in [2.05, 4.69) is 15.9 Å². The lowest BCUT2D eigenvalue weighted by Crippen LogP contribution is -2.12. The van der Waals surface area contributed by atoms with E-state index in [0.717, 1.165) is 15.6 Å². The maximum absolute atomic E-state index is 6.26. The molecule has 0 radical (unpaired) electrons. The van der Waals surface area contributed by atoms with Gasteiger partial charge in [0.1, 0.15) is 0 Å². The van der Waals surface area contributed by atoms with E-state index in [0.29, 0.717) is 11.5 Å². The second-order valence-electron chi connectivity index (χ2n) is 3.76. The van der Waals surface area contributed by atoms with Gasteiger partial charge < -0.3 is 15.2 Å². The zero-order valence-corrected chi connectivity index (χ0v) is 12.5. The van der Waals surface area contributed by atoms with Crippen LogP contribution in [0.4, 0.5) is 0 Å². The van der Waals surface area contributed by atoms with Crippen LogP contribution in [0.2, 0.25) is 0 Å². The summed E-state index contributed by atoms with van der Waals surface area (Å²) in [5, 5.41) is 4.07. The van der Waals surface area contributed by atoms with E-state index in [4.69, 9.17) is 15.2 Å². The van der Waals surface area contributed by atoms with Gasteiger partial charge >= 0.3 is 0 Å². The van der Waals surface area contributed by atoms with E-state index < -0.39 is 0 Å². The van der Waals surface area contributed by atoms with Crippen molar-refractivity contribution < 1.29 is 9.47 Å². The molecule has 2 rings (SSSR count). The Hall–Kier alpha value is -1.04. The van der Waals surface area contributed by atoms with Crippen molar-refractivity contribution in [1.29, 1.82) is 0 Å². The Morgan fingerprint density at radius 2 is 1.89 bits per heavy atom. The second kappa shape index (κ2) is 5.73. The fourth-order valence-corrected chi connectivity index (χ4v) is 3.01. The Morgan fingerprint density at radius 3 is 2.44 bits per heavy atom. The van der Waals surface area contributed by atoms with Gasteiger partial charge in [-0.15, -0.1) is 0 Å². The molecule has 2 N–H and O–H groups in total. The molecule has 1 heterocycles. The minimum Gasteiger partial charge on any atom is -0.493 e. The Morgan fingerprint density at radius 1 is 1.22 bits per heavy atom. The maximum atomic E-state index is 6.26. The van der Waals surface area contributed by atoms with Gasteiger partial charge in [0.2, 0.25) is 0 Å². The zero-order valence-electron chi connectivity index (χ0n) is 10.1. The molecule has 0 aliphatic rings. The number of thiophene rings is 1. The first kappa shape index (κ1) is 13.4. The highest BCUT2D eigenvalue weighted by Gasteiger charge is 2.16. The van der Waals surface area contributed by atoms with Gasteiger partial charge in [0, 0.05) is 4.47 Å². The molecule has 0 aliphatic heterocycles. The van der Waals surface area contributed by atoms with Gasteiger partial charge in [0.15, 0.2) is 11.5 Å². The first-order chi connectivity index (χ1) is 8.67. The third-order valence-electron chi connectivity index (χ3n) is 2.74. The van der Waals surface area contributed by atoms with Crippen LogP contribution in [0, 0.1) is 0 Å². The summed E-state index contributed by atoms with van der Waals surface area (Å²) >= 11 is 5.16. The number of rotatable bonds is 4. The number of benzene rings is 1. The molecule has 0 aliphatic carbocycles. The van der Waals surface area contributed by atoms with E-state index in [-0.39, 0.29) is 6.04 Å². The molecule has 0 amide bonds. The number of halogens is 1. The van der Waals surface area contributed by atoms with Crippen molar-refractivity contribution in [2.75, 3.05) is 14.2 Å². The Labute approximate surface area is 119 Å². The predicted molar refractivity (Wildman–Crippen MR) is 77.6 cm³/mol. The lowest BCUT2D eigenvalue weighted by atomic mass is 10.0. The molecule has 0 fully saturated rings. The molecule has 0 saturated heterocycles. The Balaban J connectivity index is 2.45. The molecule has 0 saturated carbocycles. The van der Waals surface area contributed by atoms with Gasteiger partial charge in [-0.25, -0.2) is 0 Å². The third kappa shape index (κ3) is 2.53. The number of hydrogen-bond acceptors (Lipinski definition) is 4. The quantitative estimate of drug-likeness (QED) is 0.933. The number of methoxy groups -OCH3 is 2. The van der Waals surface area contributed by atoms with Gasteiger partial charge in [-0.3, -0.25) is 0 Å². The van der Waals surface area contributed by atoms with Crippen molar-refractivity contribution in [3.8, 4) is 11.5 Å². The average molecular weight is 328 g/mol. The number of ether oxygens (including phenoxy) is 2. The van der Waals surface area contributed by atoms with E-state index in [9.17, 15) is 0 Å². The summed E-state index contributed by atoms with van der Waals surface area (Å²) in [5.74, 6) is 1.37. The summed E-state index contributed by atoms with van der Waals surface area (Å²) in [6, 6.07) is 5.63. The van der Waals surface area contributed by atoms with Gasteiger partial charge in [0.25, 0.3) is 0 Å². The summed E-state index contributed by atoms with van der Waals surface area (Å²) in [6.45, 7) is 0.